The molecule has 1 unspecified atom stereocenters. The molecule has 0 aliphatic heterocycles. The number of nitrogens with zero attached hydrogens (tertiary/aromatic N) is 2. The van der Waals surface area contributed by atoms with Crippen molar-refractivity contribution in [3.8, 4) is 0 Å². The van der Waals surface area contributed by atoms with Gasteiger partial charge in [0.1, 0.15) is 6.29 Å². The maximum Gasteiger partial charge on any atom is 0.133 e. The van der Waals surface area contributed by atoms with Gasteiger partial charge in [0, 0.05) is 21.7 Å². The first-order chi connectivity index (χ1) is 10.2. The molecule has 0 spiro atoms. The topological polar surface area (TPSA) is 42.9 Å². The summed E-state index contributed by atoms with van der Waals surface area (Å²) in [7, 11) is 0. The molecule has 3 aromatic rings. The van der Waals surface area contributed by atoms with Gasteiger partial charge in [-0.1, -0.05) is 22.0 Å². The van der Waals surface area contributed by atoms with Crippen LogP contribution in [-0.2, 0) is 4.79 Å². The molecular formula is C17H13BrN2O. The molecule has 0 saturated carbocycles. The van der Waals surface area contributed by atoms with Gasteiger partial charge in [-0.2, -0.15) is 0 Å². The van der Waals surface area contributed by atoms with E-state index in [4.69, 9.17) is 0 Å². The number of fused-ring (bicyclic) bond motifs is 1. The van der Waals surface area contributed by atoms with Crippen molar-refractivity contribution < 1.29 is 4.79 Å². The average Bonchev–Trinajstić information content (AvgIpc) is 2.48. The molecule has 104 valence electrons. The van der Waals surface area contributed by atoms with Crippen LogP contribution < -0.4 is 0 Å². The summed E-state index contributed by atoms with van der Waals surface area (Å²) in [5, 5.41) is 0.965. The number of benzene rings is 1. The first-order valence-corrected chi connectivity index (χ1v) is 7.41. The second-order valence-electron chi connectivity index (χ2n) is 4.88. The Labute approximate surface area is 131 Å². The Morgan fingerprint density at radius 2 is 2.05 bits per heavy atom. The molecule has 4 heteroatoms. The molecule has 0 N–H and O–H groups in total. The Bertz CT molecular complexity index is 817. The average molecular weight is 341 g/mol. The predicted molar refractivity (Wildman–Crippen MR) is 86.3 cm³/mol. The quantitative estimate of drug-likeness (QED) is 0.676. The number of hydrogen-bond acceptors (Lipinski definition) is 3. The van der Waals surface area contributed by atoms with Crippen molar-refractivity contribution in [2.24, 2.45) is 0 Å². The Morgan fingerprint density at radius 1 is 1.19 bits per heavy atom. The lowest BCUT2D eigenvalue weighted by Gasteiger charge is -2.13. The van der Waals surface area contributed by atoms with Crippen molar-refractivity contribution >= 4 is 33.1 Å². The number of carbonyl (C=O) groups is 1. The highest BCUT2D eigenvalue weighted by atomic mass is 79.9. The van der Waals surface area contributed by atoms with E-state index in [1.807, 2.05) is 49.4 Å². The third-order valence-electron chi connectivity index (χ3n) is 3.44. The summed E-state index contributed by atoms with van der Waals surface area (Å²) < 4.78 is 0.964. The number of carbonyl (C=O) groups excluding carboxylic acids is 1. The Balaban J connectivity index is 2.22. The van der Waals surface area contributed by atoms with Crippen LogP contribution in [0.15, 0.2) is 53.1 Å². The largest absolute Gasteiger partial charge is 0.302 e. The fourth-order valence-electron chi connectivity index (χ4n) is 2.45. The zero-order valence-corrected chi connectivity index (χ0v) is 13.0. The second-order valence-corrected chi connectivity index (χ2v) is 5.79. The highest BCUT2D eigenvalue weighted by Gasteiger charge is 2.18. The molecule has 1 aromatic carbocycles. The number of aryl methyl sites for hydroxylation is 1. The molecule has 0 amide bonds. The maximum absolute atomic E-state index is 11.7. The van der Waals surface area contributed by atoms with E-state index in [9.17, 15) is 4.79 Å². The molecule has 0 saturated heterocycles. The van der Waals surface area contributed by atoms with Gasteiger partial charge >= 0.3 is 0 Å². The number of aldehydes is 1. The van der Waals surface area contributed by atoms with E-state index in [0.29, 0.717) is 0 Å². The first-order valence-electron chi connectivity index (χ1n) is 6.62. The molecule has 0 bridgehead atoms. The molecule has 3 rings (SSSR count). The monoisotopic (exact) mass is 340 g/mol. The summed E-state index contributed by atoms with van der Waals surface area (Å²) in [4.78, 5) is 20.5. The van der Waals surface area contributed by atoms with Gasteiger partial charge in [-0.3, -0.25) is 9.97 Å². The fraction of sp³-hybridized carbons (Fsp3) is 0.118. The molecule has 2 heterocycles. The lowest BCUT2D eigenvalue weighted by molar-refractivity contribution is -0.108. The lowest BCUT2D eigenvalue weighted by atomic mass is 9.93. The zero-order valence-electron chi connectivity index (χ0n) is 11.5. The standard InChI is InChI=1S/C17H13BrN2O/c1-11-3-2-4-17(20-11)15(10-21)13-7-8-19-16-6-5-12(18)9-14(13)16/h2-10,15H,1H3. The highest BCUT2D eigenvalue weighted by molar-refractivity contribution is 9.10. The van der Waals surface area contributed by atoms with Gasteiger partial charge in [0.15, 0.2) is 0 Å². The summed E-state index contributed by atoms with van der Waals surface area (Å²) in [6.07, 6.45) is 2.68. The normalized spacial score (nSPS) is 12.3. The van der Waals surface area contributed by atoms with Crippen LogP contribution in [0.2, 0.25) is 0 Å². The second kappa shape index (κ2) is 5.74. The molecule has 0 aliphatic rings. The fourth-order valence-corrected chi connectivity index (χ4v) is 2.81. The molecule has 21 heavy (non-hydrogen) atoms. The predicted octanol–water partition coefficient (Wildman–Crippen LogP) is 4.03. The summed E-state index contributed by atoms with van der Waals surface area (Å²) in [5.41, 5.74) is 3.46. The zero-order chi connectivity index (χ0) is 14.8. The summed E-state index contributed by atoms with van der Waals surface area (Å²) in [5.74, 6) is -0.385. The SMILES string of the molecule is Cc1cccc(C(C=O)c2ccnc3ccc(Br)cc23)n1. The molecule has 3 nitrogen and oxygen atoms in total. The Morgan fingerprint density at radius 3 is 2.81 bits per heavy atom. The lowest BCUT2D eigenvalue weighted by Crippen LogP contribution is -2.06. The van der Waals surface area contributed by atoms with Gasteiger partial charge in [-0.05, 0) is 48.9 Å². The van der Waals surface area contributed by atoms with E-state index >= 15 is 0 Å². The van der Waals surface area contributed by atoms with Crippen molar-refractivity contribution in [2.75, 3.05) is 0 Å². The van der Waals surface area contributed by atoms with Crippen LogP contribution in [0.25, 0.3) is 10.9 Å². The number of halogens is 1. The van der Waals surface area contributed by atoms with E-state index < -0.39 is 0 Å². The number of rotatable bonds is 3. The van der Waals surface area contributed by atoms with E-state index in [2.05, 4.69) is 25.9 Å². The van der Waals surface area contributed by atoms with E-state index in [-0.39, 0.29) is 5.92 Å². The van der Waals surface area contributed by atoms with Gasteiger partial charge < -0.3 is 4.79 Å². The summed E-state index contributed by atoms with van der Waals surface area (Å²) >= 11 is 3.47. The summed E-state index contributed by atoms with van der Waals surface area (Å²) in [6, 6.07) is 13.5. The third kappa shape index (κ3) is 2.72. The van der Waals surface area contributed by atoms with E-state index in [1.54, 1.807) is 6.20 Å². The number of aromatic nitrogens is 2. The van der Waals surface area contributed by atoms with Crippen molar-refractivity contribution in [3.05, 3.63) is 70.1 Å². The van der Waals surface area contributed by atoms with Crippen LogP contribution in [0.4, 0.5) is 0 Å². The smallest absolute Gasteiger partial charge is 0.133 e. The maximum atomic E-state index is 11.7. The van der Waals surface area contributed by atoms with Gasteiger partial charge in [-0.25, -0.2) is 0 Å². The van der Waals surface area contributed by atoms with Crippen LogP contribution >= 0.6 is 15.9 Å². The molecular weight excluding hydrogens is 328 g/mol. The van der Waals surface area contributed by atoms with Crippen LogP contribution in [0.5, 0.6) is 0 Å². The Hall–Kier alpha value is -2.07. The van der Waals surface area contributed by atoms with Gasteiger partial charge in [0.05, 0.1) is 17.1 Å². The van der Waals surface area contributed by atoms with Gasteiger partial charge in [-0.15, -0.1) is 0 Å². The minimum absolute atomic E-state index is 0.385. The van der Waals surface area contributed by atoms with Crippen molar-refractivity contribution in [1.29, 1.82) is 0 Å². The van der Waals surface area contributed by atoms with Gasteiger partial charge in [0.25, 0.3) is 0 Å². The summed E-state index contributed by atoms with van der Waals surface area (Å²) in [6.45, 7) is 1.92. The molecule has 2 aromatic heterocycles. The van der Waals surface area contributed by atoms with E-state index in [1.165, 1.54) is 0 Å². The van der Waals surface area contributed by atoms with E-state index in [0.717, 1.165) is 38.6 Å². The molecule has 0 aliphatic carbocycles. The van der Waals surface area contributed by atoms with Crippen molar-refractivity contribution in [1.82, 2.24) is 9.97 Å². The third-order valence-corrected chi connectivity index (χ3v) is 3.93. The number of hydrogen-bond donors (Lipinski definition) is 0. The minimum Gasteiger partial charge on any atom is -0.302 e. The molecule has 0 fully saturated rings. The van der Waals surface area contributed by atoms with Gasteiger partial charge in [0.2, 0.25) is 0 Å². The van der Waals surface area contributed by atoms with Crippen LogP contribution in [0.1, 0.15) is 22.9 Å². The molecule has 0 radical (unpaired) electrons. The van der Waals surface area contributed by atoms with Crippen LogP contribution in [0, 0.1) is 6.92 Å². The minimum atomic E-state index is -0.385. The highest BCUT2D eigenvalue weighted by Crippen LogP contribution is 2.29. The van der Waals surface area contributed by atoms with Crippen molar-refractivity contribution in [3.63, 3.8) is 0 Å². The number of pyridine rings is 2. The van der Waals surface area contributed by atoms with Crippen LogP contribution in [0.3, 0.4) is 0 Å². The first kappa shape index (κ1) is 13.9. The Kier molecular flexibility index (Phi) is 3.80. The van der Waals surface area contributed by atoms with Crippen LogP contribution in [-0.4, -0.2) is 16.3 Å². The molecule has 1 atom stereocenters. The van der Waals surface area contributed by atoms with Crippen molar-refractivity contribution in [2.45, 2.75) is 12.8 Å².